The number of rotatable bonds is 6. The molecule has 3 aromatic rings. The van der Waals surface area contributed by atoms with Crippen LogP contribution in [0.1, 0.15) is 22.3 Å². The molecule has 0 radical (unpaired) electrons. The van der Waals surface area contributed by atoms with Gasteiger partial charge in [-0.25, -0.2) is 4.39 Å². The highest BCUT2D eigenvalue weighted by molar-refractivity contribution is 6.37. The van der Waals surface area contributed by atoms with Gasteiger partial charge in [0, 0.05) is 12.2 Å². The van der Waals surface area contributed by atoms with Crippen molar-refractivity contribution in [2.45, 2.75) is 27.0 Å². The van der Waals surface area contributed by atoms with Crippen LogP contribution in [-0.4, -0.2) is 0 Å². The minimum Gasteiger partial charge on any atom is -0.486 e. The number of hydrogen-bond donors (Lipinski definition) is 1. The lowest BCUT2D eigenvalue weighted by Crippen LogP contribution is -2.02. The summed E-state index contributed by atoms with van der Waals surface area (Å²) in [5.74, 6) is 0.0963. The van der Waals surface area contributed by atoms with Crippen LogP contribution in [0.2, 0.25) is 10.0 Å². The summed E-state index contributed by atoms with van der Waals surface area (Å²) in [5, 5.41) is 4.25. The molecule has 0 spiro atoms. The van der Waals surface area contributed by atoms with Crippen molar-refractivity contribution in [3.8, 4) is 5.75 Å². The second-order valence-corrected chi connectivity index (χ2v) is 7.29. The number of benzene rings is 3. The number of anilines is 1. The zero-order chi connectivity index (χ0) is 19.4. The van der Waals surface area contributed by atoms with Gasteiger partial charge in [0.1, 0.15) is 12.4 Å². The molecule has 0 unspecified atom stereocenters. The Morgan fingerprint density at radius 3 is 2.33 bits per heavy atom. The highest BCUT2D eigenvalue weighted by Gasteiger charge is 2.11. The van der Waals surface area contributed by atoms with Crippen LogP contribution in [0.5, 0.6) is 5.75 Å². The van der Waals surface area contributed by atoms with E-state index in [0.29, 0.717) is 27.9 Å². The van der Waals surface area contributed by atoms with Gasteiger partial charge in [-0.15, -0.1) is 0 Å². The molecule has 5 heteroatoms. The summed E-state index contributed by atoms with van der Waals surface area (Å²) < 4.78 is 19.0. The molecule has 0 saturated heterocycles. The van der Waals surface area contributed by atoms with E-state index in [9.17, 15) is 4.39 Å². The Morgan fingerprint density at radius 2 is 1.67 bits per heavy atom. The van der Waals surface area contributed by atoms with Crippen LogP contribution >= 0.6 is 23.2 Å². The second kappa shape index (κ2) is 8.64. The Morgan fingerprint density at radius 1 is 0.926 bits per heavy atom. The van der Waals surface area contributed by atoms with Crippen molar-refractivity contribution in [3.05, 3.63) is 92.7 Å². The van der Waals surface area contributed by atoms with E-state index in [4.69, 9.17) is 27.9 Å². The summed E-state index contributed by atoms with van der Waals surface area (Å²) in [6.45, 7) is 4.92. The lowest BCUT2D eigenvalue weighted by molar-refractivity contribution is 0.306. The number of nitrogens with one attached hydrogen (secondary N) is 1. The predicted octanol–water partition coefficient (Wildman–Crippen LogP) is 6.94. The summed E-state index contributed by atoms with van der Waals surface area (Å²) in [5.41, 5.74) is 5.14. The minimum absolute atomic E-state index is 0.192. The van der Waals surface area contributed by atoms with Crippen LogP contribution in [-0.2, 0) is 13.2 Å². The lowest BCUT2D eigenvalue weighted by atomic mass is 10.1. The molecular formula is C22H20Cl2FNO. The van der Waals surface area contributed by atoms with Crippen LogP contribution in [0.25, 0.3) is 0 Å². The molecule has 0 atom stereocenters. The summed E-state index contributed by atoms with van der Waals surface area (Å²) in [6, 6.07) is 16.1. The van der Waals surface area contributed by atoms with Gasteiger partial charge in [0.2, 0.25) is 0 Å². The van der Waals surface area contributed by atoms with Gasteiger partial charge in [0.05, 0.1) is 10.0 Å². The van der Waals surface area contributed by atoms with E-state index in [-0.39, 0.29) is 12.4 Å². The molecule has 0 aliphatic rings. The molecule has 2 nitrogen and oxygen atoms in total. The molecule has 0 aromatic heterocycles. The van der Waals surface area contributed by atoms with Gasteiger partial charge >= 0.3 is 0 Å². The fourth-order valence-corrected chi connectivity index (χ4v) is 3.49. The predicted molar refractivity (Wildman–Crippen MR) is 110 cm³/mol. The monoisotopic (exact) mass is 403 g/mol. The zero-order valence-electron chi connectivity index (χ0n) is 15.2. The minimum atomic E-state index is -0.305. The summed E-state index contributed by atoms with van der Waals surface area (Å²) in [7, 11) is 0. The van der Waals surface area contributed by atoms with E-state index >= 15 is 0 Å². The fourth-order valence-electron chi connectivity index (χ4n) is 2.84. The molecule has 27 heavy (non-hydrogen) atoms. The third-order valence-corrected chi connectivity index (χ3v) is 4.76. The zero-order valence-corrected chi connectivity index (χ0v) is 16.7. The normalized spacial score (nSPS) is 10.7. The second-order valence-electron chi connectivity index (χ2n) is 6.48. The number of hydrogen-bond acceptors (Lipinski definition) is 2. The van der Waals surface area contributed by atoms with Crippen LogP contribution in [0.3, 0.4) is 0 Å². The van der Waals surface area contributed by atoms with E-state index in [0.717, 1.165) is 11.3 Å². The van der Waals surface area contributed by atoms with Crippen molar-refractivity contribution in [2.75, 3.05) is 5.32 Å². The molecule has 3 rings (SSSR count). The molecule has 0 aliphatic heterocycles. The molecular weight excluding hydrogens is 384 g/mol. The first-order valence-electron chi connectivity index (χ1n) is 8.58. The summed E-state index contributed by atoms with van der Waals surface area (Å²) in [6.07, 6.45) is 0. The topological polar surface area (TPSA) is 21.3 Å². The van der Waals surface area contributed by atoms with Gasteiger partial charge in [-0.1, -0.05) is 53.0 Å². The molecule has 1 N–H and O–H groups in total. The average molecular weight is 404 g/mol. The molecule has 0 heterocycles. The third-order valence-electron chi connectivity index (χ3n) is 4.20. The smallest absolute Gasteiger partial charge is 0.156 e. The maximum absolute atomic E-state index is 13.3. The van der Waals surface area contributed by atoms with Gasteiger partial charge in [-0.05, 0) is 60.9 Å². The molecule has 140 valence electrons. The maximum atomic E-state index is 13.3. The highest BCUT2D eigenvalue weighted by Crippen LogP contribution is 2.35. The fraction of sp³-hybridized carbons (Fsp3) is 0.182. The summed E-state index contributed by atoms with van der Waals surface area (Å²) >= 11 is 12.7. The van der Waals surface area contributed by atoms with Crippen molar-refractivity contribution in [1.29, 1.82) is 0 Å². The van der Waals surface area contributed by atoms with Gasteiger partial charge in [0.25, 0.3) is 0 Å². The lowest BCUT2D eigenvalue weighted by Gasteiger charge is -2.14. The Hall–Kier alpha value is -2.23. The molecule has 0 amide bonds. The van der Waals surface area contributed by atoms with Crippen molar-refractivity contribution in [1.82, 2.24) is 0 Å². The highest BCUT2D eigenvalue weighted by atomic mass is 35.5. The average Bonchev–Trinajstić information content (AvgIpc) is 2.60. The largest absolute Gasteiger partial charge is 0.486 e. The maximum Gasteiger partial charge on any atom is 0.156 e. The molecule has 0 saturated carbocycles. The Balaban J connectivity index is 1.68. The van der Waals surface area contributed by atoms with Gasteiger partial charge in [-0.2, -0.15) is 0 Å². The Labute approximate surface area is 168 Å². The Bertz CT molecular complexity index is 936. The van der Waals surface area contributed by atoms with Crippen LogP contribution in [0, 0.1) is 19.7 Å². The first-order valence-corrected chi connectivity index (χ1v) is 9.34. The molecule has 0 fully saturated rings. The number of halogens is 3. The molecule has 0 bridgehead atoms. The third kappa shape index (κ3) is 5.15. The van der Waals surface area contributed by atoms with Crippen molar-refractivity contribution in [2.24, 2.45) is 0 Å². The number of ether oxygens (including phenoxy) is 1. The standard InChI is InChI=1S/C22H20Cl2FNO/c1-14-6-7-21(15(2)8-14)26-12-17-10-19(23)22(20(24)11-17)27-13-16-4-3-5-18(25)9-16/h3-11,26H,12-13H2,1-2H3. The molecule has 3 aromatic carbocycles. The van der Waals surface area contributed by atoms with Crippen molar-refractivity contribution >= 4 is 28.9 Å². The van der Waals surface area contributed by atoms with Gasteiger partial charge in [-0.3, -0.25) is 0 Å². The van der Waals surface area contributed by atoms with E-state index in [2.05, 4.69) is 37.4 Å². The quantitative estimate of drug-likeness (QED) is 0.481. The van der Waals surface area contributed by atoms with E-state index in [1.165, 1.54) is 23.3 Å². The SMILES string of the molecule is Cc1ccc(NCc2cc(Cl)c(OCc3cccc(F)c3)c(Cl)c2)c(C)c1. The van der Waals surface area contributed by atoms with Crippen molar-refractivity contribution < 1.29 is 9.13 Å². The van der Waals surface area contributed by atoms with Gasteiger partial charge < -0.3 is 10.1 Å². The number of aryl methyl sites for hydroxylation is 2. The Kier molecular flexibility index (Phi) is 6.25. The van der Waals surface area contributed by atoms with Crippen molar-refractivity contribution in [3.63, 3.8) is 0 Å². The van der Waals surface area contributed by atoms with Crippen LogP contribution < -0.4 is 10.1 Å². The van der Waals surface area contributed by atoms with E-state index in [1.54, 1.807) is 12.1 Å². The first kappa shape index (κ1) is 19.5. The summed E-state index contributed by atoms with van der Waals surface area (Å²) in [4.78, 5) is 0. The van der Waals surface area contributed by atoms with Crippen LogP contribution in [0.15, 0.2) is 54.6 Å². The van der Waals surface area contributed by atoms with Crippen LogP contribution in [0.4, 0.5) is 10.1 Å². The van der Waals surface area contributed by atoms with E-state index in [1.807, 2.05) is 12.1 Å². The first-order chi connectivity index (χ1) is 12.9. The molecule has 0 aliphatic carbocycles. The van der Waals surface area contributed by atoms with E-state index < -0.39 is 0 Å². The van der Waals surface area contributed by atoms with Gasteiger partial charge in [0.15, 0.2) is 5.75 Å².